The number of nitrogen functional groups attached to an aromatic ring is 1. The van der Waals surface area contributed by atoms with Crippen LogP contribution in [0.25, 0.3) is 0 Å². The van der Waals surface area contributed by atoms with E-state index in [1.54, 1.807) is 4.90 Å². The summed E-state index contributed by atoms with van der Waals surface area (Å²) in [6.07, 6.45) is 1.09. The van der Waals surface area contributed by atoms with Crippen molar-refractivity contribution in [2.75, 3.05) is 12.8 Å². The van der Waals surface area contributed by atoms with Gasteiger partial charge in [-0.25, -0.2) is 0 Å². The molecule has 0 aliphatic heterocycles. The lowest BCUT2D eigenvalue weighted by Gasteiger charge is -2.25. The van der Waals surface area contributed by atoms with Crippen molar-refractivity contribution in [2.24, 2.45) is 0 Å². The average molecular weight is 317 g/mol. The van der Waals surface area contributed by atoms with Crippen LogP contribution in [0, 0.1) is 0 Å². The van der Waals surface area contributed by atoms with Crippen LogP contribution in [-0.4, -0.2) is 17.9 Å². The Morgan fingerprint density at radius 3 is 2.64 bits per heavy atom. The summed E-state index contributed by atoms with van der Waals surface area (Å²) in [4.78, 5) is 14.1. The first kappa shape index (κ1) is 16.4. The number of carbonyl (C=O) groups is 1. The van der Waals surface area contributed by atoms with E-state index in [4.69, 9.17) is 17.3 Å². The second-order valence-electron chi connectivity index (χ2n) is 5.43. The highest BCUT2D eigenvalue weighted by Gasteiger charge is 2.17. The van der Waals surface area contributed by atoms with E-state index in [1.807, 2.05) is 62.5 Å². The molecule has 0 aromatic heterocycles. The van der Waals surface area contributed by atoms with E-state index in [0.29, 0.717) is 17.9 Å². The van der Waals surface area contributed by atoms with Gasteiger partial charge in [-0.2, -0.15) is 0 Å². The largest absolute Gasteiger partial charge is 0.399 e. The predicted molar refractivity (Wildman–Crippen MR) is 91.8 cm³/mol. The molecule has 2 N–H and O–H groups in total. The van der Waals surface area contributed by atoms with Crippen LogP contribution in [0.2, 0.25) is 5.02 Å². The highest BCUT2D eigenvalue weighted by Crippen LogP contribution is 2.23. The second kappa shape index (κ2) is 7.32. The number of nitrogens with two attached hydrogens (primary N) is 1. The van der Waals surface area contributed by atoms with Gasteiger partial charge in [0.1, 0.15) is 0 Å². The van der Waals surface area contributed by atoms with E-state index in [0.717, 1.165) is 16.8 Å². The molecule has 2 rings (SSSR count). The van der Waals surface area contributed by atoms with E-state index >= 15 is 0 Å². The second-order valence-corrected chi connectivity index (χ2v) is 5.87. The maximum absolute atomic E-state index is 12.4. The third-order valence-corrected chi connectivity index (χ3v) is 4.20. The van der Waals surface area contributed by atoms with Gasteiger partial charge in [-0.15, -0.1) is 0 Å². The molecule has 0 bridgehead atoms. The van der Waals surface area contributed by atoms with E-state index in [1.165, 1.54) is 0 Å². The van der Waals surface area contributed by atoms with Gasteiger partial charge in [0.15, 0.2) is 0 Å². The molecule has 4 heteroatoms. The molecule has 3 nitrogen and oxygen atoms in total. The molecule has 22 heavy (non-hydrogen) atoms. The molecular formula is C18H21ClN2O. The van der Waals surface area contributed by atoms with Crippen LogP contribution in [-0.2, 0) is 11.2 Å². The minimum absolute atomic E-state index is 0.0145. The first-order valence-corrected chi connectivity index (χ1v) is 7.71. The van der Waals surface area contributed by atoms with Gasteiger partial charge in [0.2, 0.25) is 5.91 Å². The van der Waals surface area contributed by atoms with Gasteiger partial charge in [-0.05, 0) is 42.7 Å². The number of aryl methyl sites for hydroxylation is 1. The summed E-state index contributed by atoms with van der Waals surface area (Å²) in [6.45, 7) is 2.00. The Morgan fingerprint density at radius 2 is 1.95 bits per heavy atom. The van der Waals surface area contributed by atoms with Crippen LogP contribution in [0.15, 0.2) is 48.5 Å². The normalized spacial score (nSPS) is 12.0. The number of anilines is 1. The minimum Gasteiger partial charge on any atom is -0.399 e. The molecular weight excluding hydrogens is 296 g/mol. The Labute approximate surface area is 136 Å². The van der Waals surface area contributed by atoms with E-state index in [2.05, 4.69) is 0 Å². The van der Waals surface area contributed by atoms with Crippen molar-refractivity contribution >= 4 is 23.2 Å². The van der Waals surface area contributed by atoms with E-state index in [-0.39, 0.29) is 11.9 Å². The van der Waals surface area contributed by atoms with Crippen LogP contribution in [0.5, 0.6) is 0 Å². The van der Waals surface area contributed by atoms with Crippen molar-refractivity contribution in [3.63, 3.8) is 0 Å². The summed E-state index contributed by atoms with van der Waals surface area (Å²) in [5.74, 6) is 0.0933. The zero-order valence-electron chi connectivity index (χ0n) is 12.9. The maximum atomic E-state index is 12.4. The minimum atomic E-state index is -0.0145. The SMILES string of the molecule is CC(c1cccc(Cl)c1)N(C)C(=O)CCc1ccccc1N. The third-order valence-electron chi connectivity index (χ3n) is 3.97. The quantitative estimate of drug-likeness (QED) is 0.845. The zero-order chi connectivity index (χ0) is 16.1. The van der Waals surface area contributed by atoms with Gasteiger partial charge in [-0.1, -0.05) is 41.9 Å². The van der Waals surface area contributed by atoms with Crippen LogP contribution < -0.4 is 5.73 Å². The number of hydrogen-bond acceptors (Lipinski definition) is 2. The predicted octanol–water partition coefficient (Wildman–Crippen LogP) is 4.07. The first-order valence-electron chi connectivity index (χ1n) is 7.33. The summed E-state index contributed by atoms with van der Waals surface area (Å²) >= 11 is 6.01. The standard InChI is InChI=1S/C18H21ClN2O/c1-13(15-7-5-8-16(19)12-15)21(2)18(22)11-10-14-6-3-4-9-17(14)20/h3-9,12-13H,10-11,20H2,1-2H3. The number of benzene rings is 2. The number of rotatable bonds is 5. The van der Waals surface area contributed by atoms with Crippen LogP contribution in [0.3, 0.4) is 0 Å². The molecule has 0 saturated carbocycles. The van der Waals surface area contributed by atoms with Gasteiger partial charge in [0.05, 0.1) is 6.04 Å². The third kappa shape index (κ3) is 4.01. The molecule has 0 heterocycles. The average Bonchev–Trinajstić information content (AvgIpc) is 2.52. The molecule has 0 radical (unpaired) electrons. The molecule has 116 valence electrons. The molecule has 1 amide bonds. The molecule has 0 spiro atoms. The number of para-hydroxylation sites is 1. The summed E-state index contributed by atoms with van der Waals surface area (Å²) in [5.41, 5.74) is 8.69. The van der Waals surface area contributed by atoms with E-state index < -0.39 is 0 Å². The lowest BCUT2D eigenvalue weighted by Crippen LogP contribution is -2.29. The lowest BCUT2D eigenvalue weighted by atomic mass is 10.0. The van der Waals surface area contributed by atoms with Crippen molar-refractivity contribution in [1.82, 2.24) is 4.90 Å². The number of amides is 1. The first-order chi connectivity index (χ1) is 10.5. The van der Waals surface area contributed by atoms with Gasteiger partial charge in [0, 0.05) is 24.2 Å². The molecule has 2 aromatic rings. The number of nitrogens with zero attached hydrogens (tertiary/aromatic N) is 1. The van der Waals surface area contributed by atoms with Gasteiger partial charge in [0.25, 0.3) is 0 Å². The van der Waals surface area contributed by atoms with Gasteiger partial charge < -0.3 is 10.6 Å². The zero-order valence-corrected chi connectivity index (χ0v) is 13.7. The fourth-order valence-corrected chi connectivity index (χ4v) is 2.58. The van der Waals surface area contributed by atoms with Crippen molar-refractivity contribution in [3.05, 3.63) is 64.7 Å². The summed E-state index contributed by atoms with van der Waals surface area (Å²) in [7, 11) is 1.82. The molecule has 0 saturated heterocycles. The van der Waals surface area contributed by atoms with Crippen LogP contribution in [0.1, 0.15) is 30.5 Å². The molecule has 0 aliphatic rings. The Hall–Kier alpha value is -2.00. The van der Waals surface area contributed by atoms with E-state index in [9.17, 15) is 4.79 Å². The molecule has 1 unspecified atom stereocenters. The van der Waals surface area contributed by atoms with Crippen molar-refractivity contribution in [3.8, 4) is 0 Å². The number of carbonyl (C=O) groups excluding carboxylic acids is 1. The van der Waals surface area contributed by atoms with Crippen LogP contribution in [0.4, 0.5) is 5.69 Å². The number of halogens is 1. The highest BCUT2D eigenvalue weighted by molar-refractivity contribution is 6.30. The molecule has 0 fully saturated rings. The summed E-state index contributed by atoms with van der Waals surface area (Å²) in [6, 6.07) is 15.2. The smallest absolute Gasteiger partial charge is 0.223 e. The summed E-state index contributed by atoms with van der Waals surface area (Å²) < 4.78 is 0. The van der Waals surface area contributed by atoms with Crippen molar-refractivity contribution in [2.45, 2.75) is 25.8 Å². The lowest BCUT2D eigenvalue weighted by molar-refractivity contribution is -0.131. The highest BCUT2D eigenvalue weighted by atomic mass is 35.5. The maximum Gasteiger partial charge on any atom is 0.223 e. The molecule has 2 aromatic carbocycles. The van der Waals surface area contributed by atoms with Crippen molar-refractivity contribution < 1.29 is 4.79 Å². The fraction of sp³-hybridized carbons (Fsp3) is 0.278. The topological polar surface area (TPSA) is 46.3 Å². The Bertz CT molecular complexity index is 657. The Balaban J connectivity index is 1.98. The molecule has 0 aliphatic carbocycles. The van der Waals surface area contributed by atoms with Crippen molar-refractivity contribution in [1.29, 1.82) is 0 Å². The molecule has 1 atom stereocenters. The Morgan fingerprint density at radius 1 is 1.23 bits per heavy atom. The number of hydrogen-bond donors (Lipinski definition) is 1. The Kier molecular flexibility index (Phi) is 5.45. The fourth-order valence-electron chi connectivity index (χ4n) is 2.39. The van der Waals surface area contributed by atoms with Gasteiger partial charge in [-0.3, -0.25) is 4.79 Å². The van der Waals surface area contributed by atoms with Crippen LogP contribution >= 0.6 is 11.6 Å². The monoisotopic (exact) mass is 316 g/mol. The van der Waals surface area contributed by atoms with Gasteiger partial charge >= 0.3 is 0 Å². The summed E-state index contributed by atoms with van der Waals surface area (Å²) in [5, 5.41) is 0.683.